The molecule has 206 valence electrons. The van der Waals surface area contributed by atoms with Crippen LogP contribution in [0.1, 0.15) is 37.4 Å². The van der Waals surface area contributed by atoms with E-state index in [1.807, 2.05) is 61.5 Å². The van der Waals surface area contributed by atoms with E-state index < -0.39 is 12.0 Å². The highest BCUT2D eigenvalue weighted by Crippen LogP contribution is 2.41. The number of nitrogens with zero attached hydrogens (tertiary/aromatic N) is 2. The molecule has 1 aromatic heterocycles. The van der Waals surface area contributed by atoms with Crippen molar-refractivity contribution >= 4 is 34.2 Å². The highest BCUT2D eigenvalue weighted by Gasteiger charge is 2.35. The van der Waals surface area contributed by atoms with Gasteiger partial charge in [-0.15, -0.1) is 0 Å². The standard InChI is InChI=1S/C31H30N2O6S/c1-6-16-39-28-22(12-9-13-24(28)37-4)27-26(30(35)38-5)18(2)32-31-33(27)29(34)25(40-31)17-19-14-15-23(36-3)21-11-8-7-10-20(19)21/h7-15,17,27H,6,16H2,1-5H3. The predicted octanol–water partition coefficient (Wildman–Crippen LogP) is 4.37. The largest absolute Gasteiger partial charge is 0.496 e. The molecule has 3 aromatic carbocycles. The third kappa shape index (κ3) is 4.66. The number of esters is 1. The fourth-order valence-electron chi connectivity index (χ4n) is 4.99. The summed E-state index contributed by atoms with van der Waals surface area (Å²) in [6.45, 7) is 4.20. The number of thiazole rings is 1. The Morgan fingerprint density at radius 2 is 1.75 bits per heavy atom. The van der Waals surface area contributed by atoms with Crippen LogP contribution in [0.15, 0.2) is 75.7 Å². The smallest absolute Gasteiger partial charge is 0.338 e. The molecule has 9 heteroatoms. The maximum atomic E-state index is 14.1. The van der Waals surface area contributed by atoms with Crippen LogP contribution in [0.2, 0.25) is 0 Å². The van der Waals surface area contributed by atoms with Crippen molar-refractivity contribution in [3.05, 3.63) is 96.7 Å². The van der Waals surface area contributed by atoms with Crippen molar-refractivity contribution in [1.29, 1.82) is 0 Å². The van der Waals surface area contributed by atoms with E-state index >= 15 is 0 Å². The SMILES string of the molecule is CCCOc1c(OC)cccc1C1C(C(=O)OC)=C(C)N=c2sc(=Cc3ccc(OC)c4ccccc34)c(=O)n21. The maximum Gasteiger partial charge on any atom is 0.338 e. The van der Waals surface area contributed by atoms with Crippen LogP contribution in [0.25, 0.3) is 16.8 Å². The van der Waals surface area contributed by atoms with Gasteiger partial charge in [0, 0.05) is 10.9 Å². The summed E-state index contributed by atoms with van der Waals surface area (Å²) in [7, 11) is 4.52. The Morgan fingerprint density at radius 1 is 1.00 bits per heavy atom. The van der Waals surface area contributed by atoms with Crippen molar-refractivity contribution < 1.29 is 23.7 Å². The van der Waals surface area contributed by atoms with E-state index in [0.29, 0.717) is 38.7 Å². The van der Waals surface area contributed by atoms with Gasteiger partial charge in [0.15, 0.2) is 16.3 Å². The molecule has 2 heterocycles. The number of carbonyl (C=O) groups is 1. The molecule has 0 radical (unpaired) electrons. The molecule has 0 fully saturated rings. The Morgan fingerprint density at radius 3 is 2.45 bits per heavy atom. The molecule has 0 aliphatic carbocycles. The minimum absolute atomic E-state index is 0.269. The van der Waals surface area contributed by atoms with Crippen LogP contribution in [0.4, 0.5) is 0 Å². The van der Waals surface area contributed by atoms with Crippen LogP contribution in [0.5, 0.6) is 17.2 Å². The van der Waals surface area contributed by atoms with Gasteiger partial charge in [-0.05, 0) is 42.5 Å². The molecule has 0 bridgehead atoms. The highest BCUT2D eigenvalue weighted by molar-refractivity contribution is 7.07. The number of methoxy groups -OCH3 is 3. The van der Waals surface area contributed by atoms with Crippen molar-refractivity contribution in [2.24, 2.45) is 4.99 Å². The van der Waals surface area contributed by atoms with Crippen molar-refractivity contribution in [3.8, 4) is 17.2 Å². The van der Waals surface area contributed by atoms with Gasteiger partial charge in [-0.2, -0.15) is 0 Å². The summed E-state index contributed by atoms with van der Waals surface area (Å²) in [5, 5.41) is 1.90. The van der Waals surface area contributed by atoms with Gasteiger partial charge in [-0.25, -0.2) is 9.79 Å². The molecule has 1 aliphatic heterocycles. The molecule has 1 unspecified atom stereocenters. The summed E-state index contributed by atoms with van der Waals surface area (Å²) in [5.74, 6) is 1.18. The zero-order valence-corrected chi connectivity index (χ0v) is 23.8. The summed E-state index contributed by atoms with van der Waals surface area (Å²) in [6.07, 6.45) is 2.63. The third-order valence-electron chi connectivity index (χ3n) is 6.83. The summed E-state index contributed by atoms with van der Waals surface area (Å²) in [4.78, 5) is 32.4. The van der Waals surface area contributed by atoms with E-state index in [2.05, 4.69) is 4.99 Å². The average molecular weight is 559 g/mol. The molecule has 0 N–H and O–H groups in total. The van der Waals surface area contributed by atoms with Crippen molar-refractivity contribution in [1.82, 2.24) is 4.57 Å². The van der Waals surface area contributed by atoms with Gasteiger partial charge in [0.05, 0.1) is 43.7 Å². The highest BCUT2D eigenvalue weighted by atomic mass is 32.1. The zero-order chi connectivity index (χ0) is 28.4. The molecule has 40 heavy (non-hydrogen) atoms. The third-order valence-corrected chi connectivity index (χ3v) is 7.81. The van der Waals surface area contributed by atoms with Gasteiger partial charge in [0.2, 0.25) is 0 Å². The van der Waals surface area contributed by atoms with Gasteiger partial charge in [-0.1, -0.05) is 60.7 Å². The molecule has 0 saturated heterocycles. The molecule has 4 aromatic rings. The van der Waals surface area contributed by atoms with E-state index in [1.54, 1.807) is 31.8 Å². The Bertz CT molecular complexity index is 1820. The Balaban J connectivity index is 1.78. The number of ether oxygens (including phenoxy) is 4. The second-order valence-electron chi connectivity index (χ2n) is 9.20. The first-order valence-corrected chi connectivity index (χ1v) is 13.7. The van der Waals surface area contributed by atoms with Crippen molar-refractivity contribution in [2.45, 2.75) is 26.3 Å². The average Bonchev–Trinajstić information content (AvgIpc) is 3.28. The number of hydrogen-bond donors (Lipinski definition) is 0. The fraction of sp³-hybridized carbons (Fsp3) is 0.258. The Hall–Kier alpha value is -4.37. The second kappa shape index (κ2) is 11.4. The maximum absolute atomic E-state index is 14.1. The van der Waals surface area contributed by atoms with Crippen LogP contribution in [0.3, 0.4) is 0 Å². The molecule has 0 saturated carbocycles. The van der Waals surface area contributed by atoms with E-state index in [0.717, 1.165) is 28.5 Å². The van der Waals surface area contributed by atoms with Crippen LogP contribution in [-0.4, -0.2) is 38.5 Å². The minimum Gasteiger partial charge on any atom is -0.496 e. The first-order chi connectivity index (χ1) is 19.4. The molecule has 8 nitrogen and oxygen atoms in total. The van der Waals surface area contributed by atoms with Gasteiger partial charge < -0.3 is 18.9 Å². The van der Waals surface area contributed by atoms with Crippen LogP contribution in [-0.2, 0) is 9.53 Å². The van der Waals surface area contributed by atoms with Crippen molar-refractivity contribution in [2.75, 3.05) is 27.9 Å². The van der Waals surface area contributed by atoms with Crippen LogP contribution in [0, 0.1) is 0 Å². The quantitative estimate of drug-likeness (QED) is 0.299. The first kappa shape index (κ1) is 27.2. The molecule has 1 aliphatic rings. The molecule has 1 atom stereocenters. The molecular formula is C31H30N2O6S. The lowest BCUT2D eigenvalue weighted by atomic mass is 9.94. The van der Waals surface area contributed by atoms with Crippen molar-refractivity contribution in [3.63, 3.8) is 0 Å². The van der Waals surface area contributed by atoms with Gasteiger partial charge in [0.1, 0.15) is 11.8 Å². The zero-order valence-electron chi connectivity index (χ0n) is 23.0. The number of rotatable bonds is 8. The van der Waals surface area contributed by atoms with Gasteiger partial charge >= 0.3 is 5.97 Å². The van der Waals surface area contributed by atoms with Gasteiger partial charge in [0.25, 0.3) is 5.56 Å². The van der Waals surface area contributed by atoms with Crippen LogP contribution < -0.4 is 29.1 Å². The van der Waals surface area contributed by atoms with Crippen LogP contribution >= 0.6 is 11.3 Å². The molecule has 0 spiro atoms. The number of aromatic nitrogens is 1. The Labute approximate surface area is 235 Å². The summed E-state index contributed by atoms with van der Waals surface area (Å²) in [5.41, 5.74) is 1.96. The minimum atomic E-state index is -0.819. The lowest BCUT2D eigenvalue weighted by Crippen LogP contribution is -2.40. The molecule has 5 rings (SSSR count). The topological polar surface area (TPSA) is 88.4 Å². The molecule has 0 amide bonds. The number of hydrogen-bond acceptors (Lipinski definition) is 8. The molecular weight excluding hydrogens is 528 g/mol. The lowest BCUT2D eigenvalue weighted by Gasteiger charge is -2.26. The summed E-state index contributed by atoms with van der Waals surface area (Å²) < 4.78 is 24.5. The van der Waals surface area contributed by atoms with E-state index in [1.165, 1.54) is 18.4 Å². The first-order valence-electron chi connectivity index (χ1n) is 12.9. The van der Waals surface area contributed by atoms with E-state index in [9.17, 15) is 9.59 Å². The summed E-state index contributed by atoms with van der Waals surface area (Å²) >= 11 is 1.27. The van der Waals surface area contributed by atoms with Gasteiger partial charge in [-0.3, -0.25) is 9.36 Å². The number of para-hydroxylation sites is 1. The Kier molecular flexibility index (Phi) is 7.75. The van der Waals surface area contributed by atoms with E-state index in [-0.39, 0.29) is 11.1 Å². The van der Waals surface area contributed by atoms with E-state index in [4.69, 9.17) is 18.9 Å². The summed E-state index contributed by atoms with van der Waals surface area (Å²) in [6, 6.07) is 16.3. The normalized spacial score (nSPS) is 15.0. The number of carbonyl (C=O) groups excluding carboxylic acids is 1. The number of fused-ring (bicyclic) bond motifs is 2. The fourth-order valence-corrected chi connectivity index (χ4v) is 6.03. The number of benzene rings is 3. The predicted molar refractivity (Wildman–Crippen MR) is 155 cm³/mol. The lowest BCUT2D eigenvalue weighted by molar-refractivity contribution is -0.136. The number of allylic oxidation sites excluding steroid dienone is 1. The monoisotopic (exact) mass is 558 g/mol. The second-order valence-corrected chi connectivity index (χ2v) is 10.2.